The molecule has 0 aromatic carbocycles. The maximum Gasteiger partial charge on any atom is 0.270 e. The molecule has 1 fully saturated rings. The van der Waals surface area contributed by atoms with Gasteiger partial charge in [0, 0.05) is 18.8 Å². The Morgan fingerprint density at radius 2 is 2.14 bits per heavy atom. The number of rotatable bonds is 2. The molecular formula is C14H12N4O4. The summed E-state index contributed by atoms with van der Waals surface area (Å²) in [5.41, 5.74) is -0.256. The highest BCUT2D eigenvalue weighted by Crippen LogP contribution is 2.05. The van der Waals surface area contributed by atoms with E-state index in [9.17, 15) is 19.2 Å². The first-order valence-electron chi connectivity index (χ1n) is 6.67. The minimum absolute atomic E-state index is 0.144. The monoisotopic (exact) mass is 300 g/mol. The van der Waals surface area contributed by atoms with Gasteiger partial charge in [0.1, 0.15) is 17.3 Å². The lowest BCUT2D eigenvalue weighted by Gasteiger charge is -2.21. The molecule has 8 heteroatoms. The lowest BCUT2D eigenvalue weighted by atomic mass is 10.1. The van der Waals surface area contributed by atoms with Gasteiger partial charge in [-0.25, -0.2) is 4.98 Å². The van der Waals surface area contributed by atoms with Crippen molar-refractivity contribution in [2.24, 2.45) is 0 Å². The molecule has 22 heavy (non-hydrogen) atoms. The third-order valence-electron chi connectivity index (χ3n) is 3.40. The topological polar surface area (TPSA) is 110 Å². The average Bonchev–Trinajstić information content (AvgIpc) is 2.50. The molecule has 1 unspecified atom stereocenters. The summed E-state index contributed by atoms with van der Waals surface area (Å²) >= 11 is 0. The van der Waals surface area contributed by atoms with Crippen LogP contribution < -0.4 is 16.2 Å². The van der Waals surface area contributed by atoms with Crippen molar-refractivity contribution in [2.45, 2.75) is 18.9 Å². The van der Waals surface area contributed by atoms with Crippen LogP contribution in [-0.2, 0) is 9.59 Å². The number of aromatic nitrogens is 2. The Hall–Kier alpha value is -3.03. The Kier molecular flexibility index (Phi) is 3.42. The van der Waals surface area contributed by atoms with E-state index in [-0.39, 0.29) is 24.3 Å². The molecule has 0 radical (unpaired) electrons. The second-order valence-electron chi connectivity index (χ2n) is 4.88. The number of imide groups is 1. The average molecular weight is 300 g/mol. The van der Waals surface area contributed by atoms with Crippen molar-refractivity contribution < 1.29 is 14.4 Å². The highest BCUT2D eigenvalue weighted by molar-refractivity contribution is 6.03. The summed E-state index contributed by atoms with van der Waals surface area (Å²) in [4.78, 5) is 51.2. The minimum atomic E-state index is -0.832. The number of carbonyl (C=O) groups is 3. The predicted octanol–water partition coefficient (Wildman–Crippen LogP) is -0.770. The van der Waals surface area contributed by atoms with Crippen molar-refractivity contribution in [3.63, 3.8) is 0 Å². The van der Waals surface area contributed by atoms with Gasteiger partial charge in [-0.15, -0.1) is 0 Å². The van der Waals surface area contributed by atoms with Gasteiger partial charge >= 0.3 is 0 Å². The zero-order valence-corrected chi connectivity index (χ0v) is 11.4. The molecule has 3 rings (SSSR count). The van der Waals surface area contributed by atoms with Crippen LogP contribution in [0.25, 0.3) is 5.65 Å². The number of carbonyl (C=O) groups excluding carboxylic acids is 3. The molecule has 3 heterocycles. The first-order valence-corrected chi connectivity index (χ1v) is 6.67. The number of hydrogen-bond acceptors (Lipinski definition) is 5. The van der Waals surface area contributed by atoms with Crippen LogP contribution in [0.4, 0.5) is 0 Å². The Bertz CT molecular complexity index is 842. The second-order valence-corrected chi connectivity index (χ2v) is 4.88. The van der Waals surface area contributed by atoms with Crippen LogP contribution in [-0.4, -0.2) is 33.1 Å². The molecule has 1 aliphatic rings. The normalized spacial score (nSPS) is 18.1. The Balaban J connectivity index is 1.87. The largest absolute Gasteiger partial charge is 0.340 e. The maximum absolute atomic E-state index is 12.3. The van der Waals surface area contributed by atoms with E-state index >= 15 is 0 Å². The van der Waals surface area contributed by atoms with E-state index in [4.69, 9.17) is 0 Å². The van der Waals surface area contributed by atoms with E-state index < -0.39 is 23.4 Å². The van der Waals surface area contributed by atoms with Crippen LogP contribution in [0.5, 0.6) is 0 Å². The smallest absolute Gasteiger partial charge is 0.270 e. The van der Waals surface area contributed by atoms with Gasteiger partial charge in [0.15, 0.2) is 0 Å². The van der Waals surface area contributed by atoms with Crippen molar-refractivity contribution in [1.29, 1.82) is 0 Å². The second kappa shape index (κ2) is 5.40. The van der Waals surface area contributed by atoms with Gasteiger partial charge < -0.3 is 5.32 Å². The summed E-state index contributed by atoms with van der Waals surface area (Å²) in [6, 6.07) is 4.19. The lowest BCUT2D eigenvalue weighted by molar-refractivity contribution is -0.134. The number of pyridine rings is 1. The highest BCUT2D eigenvalue weighted by Gasteiger charge is 2.28. The van der Waals surface area contributed by atoms with Crippen LogP contribution in [0.15, 0.2) is 35.4 Å². The molecule has 0 aliphatic carbocycles. The third kappa shape index (κ3) is 2.46. The van der Waals surface area contributed by atoms with Crippen molar-refractivity contribution in [1.82, 2.24) is 20.0 Å². The van der Waals surface area contributed by atoms with E-state index in [1.807, 2.05) is 0 Å². The van der Waals surface area contributed by atoms with Crippen molar-refractivity contribution >= 4 is 23.4 Å². The van der Waals surface area contributed by atoms with Crippen LogP contribution in [0, 0.1) is 0 Å². The Morgan fingerprint density at radius 3 is 2.91 bits per heavy atom. The number of amides is 3. The van der Waals surface area contributed by atoms with Gasteiger partial charge in [0.2, 0.25) is 11.8 Å². The predicted molar refractivity (Wildman–Crippen MR) is 75.1 cm³/mol. The molecule has 1 saturated heterocycles. The molecule has 112 valence electrons. The van der Waals surface area contributed by atoms with Gasteiger partial charge in [0.25, 0.3) is 11.5 Å². The minimum Gasteiger partial charge on any atom is -0.340 e. The number of piperidine rings is 1. The van der Waals surface area contributed by atoms with Crippen LogP contribution in [0.3, 0.4) is 0 Å². The fourth-order valence-corrected chi connectivity index (χ4v) is 2.25. The van der Waals surface area contributed by atoms with Crippen LogP contribution in [0.1, 0.15) is 23.2 Å². The van der Waals surface area contributed by atoms with Gasteiger partial charge in [-0.1, -0.05) is 6.07 Å². The first-order chi connectivity index (χ1) is 10.6. The van der Waals surface area contributed by atoms with Crippen molar-refractivity contribution in [3.05, 3.63) is 46.5 Å². The Morgan fingerprint density at radius 1 is 1.32 bits per heavy atom. The van der Waals surface area contributed by atoms with E-state index in [0.29, 0.717) is 5.65 Å². The van der Waals surface area contributed by atoms with Crippen molar-refractivity contribution in [3.8, 4) is 0 Å². The molecule has 2 N–H and O–H groups in total. The molecule has 0 bridgehead atoms. The third-order valence-corrected chi connectivity index (χ3v) is 3.40. The summed E-state index contributed by atoms with van der Waals surface area (Å²) in [6.45, 7) is 0. The number of nitrogens with zero attached hydrogens (tertiary/aromatic N) is 2. The lowest BCUT2D eigenvalue weighted by Crippen LogP contribution is -2.52. The summed E-state index contributed by atoms with van der Waals surface area (Å²) in [5, 5.41) is 4.59. The van der Waals surface area contributed by atoms with E-state index in [1.54, 1.807) is 18.2 Å². The number of nitrogens with one attached hydrogen (secondary N) is 2. The summed E-state index contributed by atoms with van der Waals surface area (Å²) in [6.07, 6.45) is 3.04. The van der Waals surface area contributed by atoms with Gasteiger partial charge in [-0.2, -0.15) is 0 Å². The van der Waals surface area contributed by atoms with E-state index in [1.165, 1.54) is 16.8 Å². The van der Waals surface area contributed by atoms with E-state index in [2.05, 4.69) is 15.6 Å². The number of fused-ring (bicyclic) bond motifs is 1. The SMILES string of the molecule is O=C1CCC(NC(=O)c2cnc3ccccn3c2=O)C(=O)N1. The van der Waals surface area contributed by atoms with Gasteiger partial charge in [-0.3, -0.25) is 28.9 Å². The molecule has 2 aromatic rings. The van der Waals surface area contributed by atoms with E-state index in [0.717, 1.165) is 0 Å². The summed E-state index contributed by atoms with van der Waals surface area (Å²) < 4.78 is 1.25. The molecule has 0 spiro atoms. The highest BCUT2D eigenvalue weighted by atomic mass is 16.2. The zero-order chi connectivity index (χ0) is 15.7. The quantitative estimate of drug-likeness (QED) is 0.708. The summed E-state index contributed by atoms with van der Waals surface area (Å²) in [5.74, 6) is -1.63. The van der Waals surface area contributed by atoms with Gasteiger partial charge in [-0.05, 0) is 18.6 Å². The van der Waals surface area contributed by atoms with Crippen molar-refractivity contribution in [2.75, 3.05) is 0 Å². The first kappa shape index (κ1) is 13.9. The fraction of sp³-hybridized carbons (Fsp3) is 0.214. The van der Waals surface area contributed by atoms with Crippen LogP contribution >= 0.6 is 0 Å². The molecule has 2 aromatic heterocycles. The molecule has 8 nitrogen and oxygen atoms in total. The number of hydrogen-bond donors (Lipinski definition) is 2. The molecule has 0 saturated carbocycles. The fourth-order valence-electron chi connectivity index (χ4n) is 2.25. The van der Waals surface area contributed by atoms with Gasteiger partial charge in [0.05, 0.1) is 0 Å². The Labute approximate surface area is 124 Å². The zero-order valence-electron chi connectivity index (χ0n) is 11.4. The summed E-state index contributed by atoms with van der Waals surface area (Å²) in [7, 11) is 0. The maximum atomic E-state index is 12.3. The molecule has 3 amide bonds. The molecule has 1 atom stereocenters. The standard InChI is InChI=1S/C14H12N4O4/c19-11-5-4-9(13(21)17-11)16-12(20)8-7-15-10-3-1-2-6-18(10)14(8)22/h1-3,6-7,9H,4-5H2,(H,16,20)(H,17,19,21). The molecular weight excluding hydrogens is 288 g/mol. The van der Waals surface area contributed by atoms with Crippen LogP contribution in [0.2, 0.25) is 0 Å². The molecule has 1 aliphatic heterocycles.